The fraction of sp³-hybridized carbons (Fsp3) is 0.353. The molecule has 0 bridgehead atoms. The lowest BCUT2D eigenvalue weighted by Gasteiger charge is -2.15. The van der Waals surface area contributed by atoms with Crippen LogP contribution in [-0.2, 0) is 6.54 Å². The summed E-state index contributed by atoms with van der Waals surface area (Å²) in [5.41, 5.74) is 1.80. The first kappa shape index (κ1) is 17.2. The number of halogens is 1. The molecular formula is C17H21FN2O3. The molecule has 2 rings (SSSR count). The Morgan fingerprint density at radius 3 is 2.78 bits per heavy atom. The van der Waals surface area contributed by atoms with E-state index in [4.69, 9.17) is 14.6 Å². The summed E-state index contributed by atoms with van der Waals surface area (Å²) in [4.78, 5) is 3.86. The van der Waals surface area contributed by atoms with Crippen molar-refractivity contribution in [1.29, 1.82) is 0 Å². The van der Waals surface area contributed by atoms with Gasteiger partial charge in [-0.25, -0.2) is 4.39 Å². The minimum absolute atomic E-state index is 0.0329. The second-order valence-electron chi connectivity index (χ2n) is 5.10. The lowest BCUT2D eigenvalue weighted by molar-refractivity contribution is 0.196. The van der Waals surface area contributed by atoms with E-state index in [0.29, 0.717) is 18.0 Å². The predicted molar refractivity (Wildman–Crippen MR) is 85.0 cm³/mol. The fourth-order valence-electron chi connectivity index (χ4n) is 2.15. The summed E-state index contributed by atoms with van der Waals surface area (Å²) in [5.74, 6) is 0.855. The number of nitrogens with zero attached hydrogens (tertiary/aromatic N) is 1. The van der Waals surface area contributed by atoms with Crippen LogP contribution < -0.4 is 14.8 Å². The minimum atomic E-state index is -0.344. The summed E-state index contributed by atoms with van der Waals surface area (Å²) in [6.07, 6.45) is 2.83. The number of aliphatic hydroxyl groups excluding tert-OH is 1. The zero-order valence-corrected chi connectivity index (χ0v) is 13.3. The maximum atomic E-state index is 13.2. The van der Waals surface area contributed by atoms with Crippen LogP contribution in [0.15, 0.2) is 36.7 Å². The summed E-state index contributed by atoms with van der Waals surface area (Å²) in [6, 6.07) is 7.03. The summed E-state index contributed by atoms with van der Waals surface area (Å²) < 4.78 is 23.9. The molecule has 1 aromatic heterocycles. The van der Waals surface area contributed by atoms with E-state index >= 15 is 0 Å². The molecule has 2 N–H and O–H groups in total. The molecule has 0 saturated heterocycles. The molecule has 6 heteroatoms. The lowest BCUT2D eigenvalue weighted by atomic mass is 10.1. The van der Waals surface area contributed by atoms with Gasteiger partial charge in [0.2, 0.25) is 0 Å². The Kier molecular flexibility index (Phi) is 6.31. The van der Waals surface area contributed by atoms with E-state index in [2.05, 4.69) is 10.3 Å². The number of nitrogens with one attached hydrogen (secondary N) is 1. The minimum Gasteiger partial charge on any atom is -0.493 e. The molecule has 0 aliphatic rings. The quantitative estimate of drug-likeness (QED) is 0.782. The van der Waals surface area contributed by atoms with Crippen molar-refractivity contribution in [3.8, 4) is 11.5 Å². The third kappa shape index (κ3) is 4.91. The third-order valence-electron chi connectivity index (χ3n) is 3.42. The molecule has 23 heavy (non-hydrogen) atoms. The number of pyridine rings is 1. The molecule has 1 heterocycles. The Hall–Kier alpha value is -2.18. The van der Waals surface area contributed by atoms with Crippen LogP contribution >= 0.6 is 0 Å². The van der Waals surface area contributed by atoms with Crippen LogP contribution in [-0.4, -0.2) is 30.4 Å². The third-order valence-corrected chi connectivity index (χ3v) is 3.42. The zero-order chi connectivity index (χ0) is 16.7. The van der Waals surface area contributed by atoms with E-state index in [1.807, 2.05) is 19.1 Å². The lowest BCUT2D eigenvalue weighted by Crippen LogP contribution is -2.18. The highest BCUT2D eigenvalue weighted by Crippen LogP contribution is 2.28. The van der Waals surface area contributed by atoms with Gasteiger partial charge in [-0.05, 0) is 36.2 Å². The van der Waals surface area contributed by atoms with Crippen molar-refractivity contribution < 1.29 is 19.0 Å². The van der Waals surface area contributed by atoms with Gasteiger partial charge in [0, 0.05) is 18.8 Å². The van der Waals surface area contributed by atoms with E-state index in [-0.39, 0.29) is 25.1 Å². The van der Waals surface area contributed by atoms with Crippen molar-refractivity contribution in [3.63, 3.8) is 0 Å². The van der Waals surface area contributed by atoms with Gasteiger partial charge < -0.3 is 19.9 Å². The van der Waals surface area contributed by atoms with Crippen LogP contribution in [0.5, 0.6) is 11.5 Å². The van der Waals surface area contributed by atoms with E-state index in [0.717, 1.165) is 11.1 Å². The molecule has 1 aromatic carbocycles. The number of aliphatic hydroxyl groups is 1. The second kappa shape index (κ2) is 8.45. The summed E-state index contributed by atoms with van der Waals surface area (Å²) in [7, 11) is 1.57. The highest BCUT2D eigenvalue weighted by atomic mass is 19.1. The predicted octanol–water partition coefficient (Wildman–Crippen LogP) is 2.45. The monoisotopic (exact) mass is 320 g/mol. The molecule has 0 spiro atoms. The smallest absolute Gasteiger partial charge is 0.161 e. The van der Waals surface area contributed by atoms with E-state index in [1.165, 1.54) is 12.3 Å². The van der Waals surface area contributed by atoms with Crippen molar-refractivity contribution in [2.45, 2.75) is 19.5 Å². The van der Waals surface area contributed by atoms with E-state index in [9.17, 15) is 4.39 Å². The number of methoxy groups -OCH3 is 1. The SMILES string of the molecule is COc1cc(CNC(C)c2cncc(F)c2)ccc1OCCO. The van der Waals surface area contributed by atoms with Gasteiger partial charge in [0.15, 0.2) is 11.5 Å². The molecule has 1 unspecified atom stereocenters. The topological polar surface area (TPSA) is 63.6 Å². The van der Waals surface area contributed by atoms with Gasteiger partial charge in [-0.2, -0.15) is 0 Å². The molecule has 124 valence electrons. The van der Waals surface area contributed by atoms with Gasteiger partial charge in [-0.15, -0.1) is 0 Å². The second-order valence-corrected chi connectivity index (χ2v) is 5.10. The van der Waals surface area contributed by atoms with Crippen LogP contribution in [0.1, 0.15) is 24.1 Å². The highest BCUT2D eigenvalue weighted by molar-refractivity contribution is 5.43. The highest BCUT2D eigenvalue weighted by Gasteiger charge is 2.09. The van der Waals surface area contributed by atoms with Crippen LogP contribution in [0.2, 0.25) is 0 Å². The summed E-state index contributed by atoms with van der Waals surface area (Å²) in [6.45, 7) is 2.71. The maximum absolute atomic E-state index is 13.2. The number of ether oxygens (including phenoxy) is 2. The first-order valence-electron chi connectivity index (χ1n) is 7.38. The largest absolute Gasteiger partial charge is 0.493 e. The Balaban J connectivity index is 2.00. The van der Waals surface area contributed by atoms with Gasteiger partial charge in [0.1, 0.15) is 12.4 Å². The Morgan fingerprint density at radius 2 is 2.09 bits per heavy atom. The zero-order valence-electron chi connectivity index (χ0n) is 13.3. The van der Waals surface area contributed by atoms with Gasteiger partial charge in [-0.1, -0.05) is 6.07 Å². The summed E-state index contributed by atoms with van der Waals surface area (Å²) >= 11 is 0. The van der Waals surface area contributed by atoms with Crippen molar-refractivity contribution in [2.24, 2.45) is 0 Å². The molecule has 0 saturated carbocycles. The van der Waals surface area contributed by atoms with Crippen molar-refractivity contribution >= 4 is 0 Å². The average molecular weight is 320 g/mol. The Bertz CT molecular complexity index is 637. The van der Waals surface area contributed by atoms with Crippen molar-refractivity contribution in [2.75, 3.05) is 20.3 Å². The molecule has 0 aliphatic carbocycles. The molecule has 0 amide bonds. The van der Waals surface area contributed by atoms with Crippen molar-refractivity contribution in [3.05, 3.63) is 53.6 Å². The molecule has 0 radical (unpaired) electrons. The summed E-state index contributed by atoms with van der Waals surface area (Å²) in [5, 5.41) is 12.1. The molecular weight excluding hydrogens is 299 g/mol. The van der Waals surface area contributed by atoms with E-state index in [1.54, 1.807) is 19.4 Å². The van der Waals surface area contributed by atoms with Crippen LogP contribution in [0, 0.1) is 5.82 Å². The Labute approximate surface area is 135 Å². The molecule has 5 nitrogen and oxygen atoms in total. The normalized spacial score (nSPS) is 12.0. The average Bonchev–Trinajstić information content (AvgIpc) is 2.58. The van der Waals surface area contributed by atoms with Gasteiger partial charge in [0.25, 0.3) is 0 Å². The van der Waals surface area contributed by atoms with Gasteiger partial charge in [0.05, 0.1) is 19.9 Å². The van der Waals surface area contributed by atoms with Gasteiger partial charge >= 0.3 is 0 Å². The molecule has 1 atom stereocenters. The van der Waals surface area contributed by atoms with Crippen LogP contribution in [0.3, 0.4) is 0 Å². The number of hydrogen-bond acceptors (Lipinski definition) is 5. The number of hydrogen-bond donors (Lipinski definition) is 2. The van der Waals surface area contributed by atoms with Crippen LogP contribution in [0.25, 0.3) is 0 Å². The van der Waals surface area contributed by atoms with Crippen molar-refractivity contribution in [1.82, 2.24) is 10.3 Å². The standard InChI is InChI=1S/C17H21FN2O3/c1-12(14-8-15(18)11-19-10-14)20-9-13-3-4-16(23-6-5-21)17(7-13)22-2/h3-4,7-8,10-12,20-21H,5-6,9H2,1-2H3. The molecule has 0 aliphatic heterocycles. The van der Waals surface area contributed by atoms with E-state index < -0.39 is 0 Å². The number of aromatic nitrogens is 1. The molecule has 0 fully saturated rings. The van der Waals surface area contributed by atoms with Crippen LogP contribution in [0.4, 0.5) is 4.39 Å². The molecule has 2 aromatic rings. The Morgan fingerprint density at radius 1 is 1.26 bits per heavy atom. The van der Waals surface area contributed by atoms with Gasteiger partial charge in [-0.3, -0.25) is 4.98 Å². The first-order valence-corrected chi connectivity index (χ1v) is 7.38. The number of benzene rings is 1. The maximum Gasteiger partial charge on any atom is 0.161 e. The first-order chi connectivity index (χ1) is 11.1. The fourth-order valence-corrected chi connectivity index (χ4v) is 2.15. The number of rotatable bonds is 8.